The third kappa shape index (κ3) is 20.7. The number of amides is 2. The number of nitrogens with one attached hydrogen (secondary N) is 2. The molecule has 0 fully saturated rings. The zero-order valence-electron chi connectivity index (χ0n) is 26.7. The number of unbranched alkanes of at least 4 members (excludes halogenated alkanes) is 8. The minimum atomic E-state index is -0.889. The van der Waals surface area contributed by atoms with Gasteiger partial charge >= 0.3 is 18.0 Å². The smallest absolute Gasteiger partial charge is 0.407 e. The predicted octanol–water partition coefficient (Wildman–Crippen LogP) is 6.76. The maximum absolute atomic E-state index is 12.6. The van der Waals surface area contributed by atoms with Crippen LogP contribution in [0.2, 0.25) is 0 Å². The molecule has 0 aliphatic rings. The molecule has 0 saturated carbocycles. The molecule has 2 N–H and O–H groups in total. The molecule has 42 heavy (non-hydrogen) atoms. The van der Waals surface area contributed by atoms with Crippen LogP contribution in [0, 0.1) is 0 Å². The SMILES string of the molecule is CC(C)(C)OC(=O)CC[C@H](NC(=O)CCCCCCCCCCCNC(=O)OCc1ccccc1)C(=O)OC(C)(C)C. The number of carbonyl (C=O) groups excluding carboxylic acids is 4. The minimum Gasteiger partial charge on any atom is -0.460 e. The molecule has 238 valence electrons. The lowest BCUT2D eigenvalue weighted by molar-refractivity contribution is -0.160. The fraction of sp³-hybridized carbons (Fsp3) is 0.697. The van der Waals surface area contributed by atoms with Crippen LogP contribution < -0.4 is 10.6 Å². The second-order valence-corrected chi connectivity index (χ2v) is 12.7. The lowest BCUT2D eigenvalue weighted by Crippen LogP contribution is -2.44. The van der Waals surface area contributed by atoms with E-state index in [0.29, 0.717) is 13.0 Å². The second-order valence-electron chi connectivity index (χ2n) is 12.7. The molecule has 2 amide bonds. The van der Waals surface area contributed by atoms with Gasteiger partial charge in [-0.2, -0.15) is 0 Å². The van der Waals surface area contributed by atoms with Gasteiger partial charge in [0.15, 0.2) is 0 Å². The Morgan fingerprint density at radius 1 is 0.714 bits per heavy atom. The van der Waals surface area contributed by atoms with Gasteiger partial charge in [-0.3, -0.25) is 9.59 Å². The highest BCUT2D eigenvalue weighted by molar-refractivity contribution is 5.85. The average Bonchev–Trinajstić information content (AvgIpc) is 2.89. The van der Waals surface area contributed by atoms with Gasteiger partial charge in [0.25, 0.3) is 0 Å². The summed E-state index contributed by atoms with van der Waals surface area (Å²) in [6, 6.07) is 8.72. The summed E-state index contributed by atoms with van der Waals surface area (Å²) in [6.45, 7) is 11.5. The molecule has 1 atom stereocenters. The van der Waals surface area contributed by atoms with Crippen molar-refractivity contribution in [1.82, 2.24) is 10.6 Å². The molecule has 1 aromatic carbocycles. The number of rotatable bonds is 19. The van der Waals surface area contributed by atoms with Gasteiger partial charge in [-0.25, -0.2) is 9.59 Å². The molecule has 1 aromatic rings. The summed E-state index contributed by atoms with van der Waals surface area (Å²) in [5.74, 6) is -1.17. The maximum atomic E-state index is 12.6. The van der Waals surface area contributed by atoms with Crippen LogP contribution in [0.1, 0.15) is 124 Å². The fourth-order valence-electron chi connectivity index (χ4n) is 4.16. The van der Waals surface area contributed by atoms with Gasteiger partial charge < -0.3 is 24.8 Å². The topological polar surface area (TPSA) is 120 Å². The number of hydrogen-bond donors (Lipinski definition) is 2. The number of carbonyl (C=O) groups is 4. The van der Waals surface area contributed by atoms with Crippen molar-refractivity contribution in [2.24, 2.45) is 0 Å². The summed E-state index contributed by atoms with van der Waals surface area (Å²) in [5.41, 5.74) is -0.339. The van der Waals surface area contributed by atoms with Crippen LogP contribution in [0.25, 0.3) is 0 Å². The summed E-state index contributed by atoms with van der Waals surface area (Å²) in [7, 11) is 0. The first-order valence-electron chi connectivity index (χ1n) is 15.4. The predicted molar refractivity (Wildman–Crippen MR) is 164 cm³/mol. The van der Waals surface area contributed by atoms with Gasteiger partial charge in [0.05, 0.1) is 0 Å². The molecule has 0 spiro atoms. The first-order valence-corrected chi connectivity index (χ1v) is 15.4. The van der Waals surface area contributed by atoms with Crippen molar-refractivity contribution in [3.8, 4) is 0 Å². The largest absolute Gasteiger partial charge is 0.460 e. The molecule has 0 bridgehead atoms. The van der Waals surface area contributed by atoms with Crippen LogP contribution in [-0.4, -0.2) is 47.7 Å². The Balaban J connectivity index is 2.13. The molecular formula is C33H54N2O7. The van der Waals surface area contributed by atoms with E-state index >= 15 is 0 Å². The molecule has 0 unspecified atom stereocenters. The lowest BCUT2D eigenvalue weighted by atomic mass is 10.1. The van der Waals surface area contributed by atoms with Gasteiger partial charge in [-0.15, -0.1) is 0 Å². The van der Waals surface area contributed by atoms with Crippen molar-refractivity contribution in [3.05, 3.63) is 35.9 Å². The van der Waals surface area contributed by atoms with E-state index in [9.17, 15) is 19.2 Å². The van der Waals surface area contributed by atoms with E-state index in [0.717, 1.165) is 63.4 Å². The molecule has 9 nitrogen and oxygen atoms in total. The second kappa shape index (κ2) is 19.9. The molecule has 0 heterocycles. The van der Waals surface area contributed by atoms with Crippen molar-refractivity contribution in [3.63, 3.8) is 0 Å². The zero-order chi connectivity index (χ0) is 31.4. The quantitative estimate of drug-likeness (QED) is 0.104. The van der Waals surface area contributed by atoms with Crippen LogP contribution in [-0.2, 0) is 35.2 Å². The summed E-state index contributed by atoms with van der Waals surface area (Å²) >= 11 is 0. The maximum Gasteiger partial charge on any atom is 0.407 e. The van der Waals surface area contributed by atoms with Gasteiger partial charge in [-0.1, -0.05) is 75.3 Å². The number of esters is 2. The van der Waals surface area contributed by atoms with E-state index in [1.165, 1.54) is 0 Å². The highest BCUT2D eigenvalue weighted by Crippen LogP contribution is 2.15. The third-order valence-corrected chi connectivity index (χ3v) is 6.15. The Morgan fingerprint density at radius 3 is 1.83 bits per heavy atom. The normalized spacial score (nSPS) is 12.2. The van der Waals surface area contributed by atoms with Gasteiger partial charge in [0.2, 0.25) is 5.91 Å². The lowest BCUT2D eigenvalue weighted by Gasteiger charge is -2.25. The highest BCUT2D eigenvalue weighted by atomic mass is 16.6. The minimum absolute atomic E-state index is 0.0132. The number of benzene rings is 1. The molecular weight excluding hydrogens is 536 g/mol. The van der Waals surface area contributed by atoms with Gasteiger partial charge in [0, 0.05) is 19.4 Å². The summed E-state index contributed by atoms with van der Waals surface area (Å²) in [5, 5.41) is 5.55. The number of alkyl carbamates (subject to hydrolysis) is 1. The Labute approximate surface area is 252 Å². The van der Waals surface area contributed by atoms with Crippen molar-refractivity contribution in [2.45, 2.75) is 142 Å². The molecule has 0 aliphatic carbocycles. The highest BCUT2D eigenvalue weighted by Gasteiger charge is 2.28. The van der Waals surface area contributed by atoms with Crippen LogP contribution in [0.4, 0.5) is 4.79 Å². The fourth-order valence-corrected chi connectivity index (χ4v) is 4.16. The molecule has 1 rings (SSSR count). The van der Waals surface area contributed by atoms with Crippen LogP contribution in [0.3, 0.4) is 0 Å². The van der Waals surface area contributed by atoms with Gasteiger partial charge in [0.1, 0.15) is 23.9 Å². The van der Waals surface area contributed by atoms with E-state index in [1.807, 2.05) is 30.3 Å². The van der Waals surface area contributed by atoms with Crippen molar-refractivity contribution in [2.75, 3.05) is 6.54 Å². The Morgan fingerprint density at radius 2 is 1.26 bits per heavy atom. The molecule has 0 radical (unpaired) electrons. The van der Waals surface area contributed by atoms with Crippen molar-refractivity contribution in [1.29, 1.82) is 0 Å². The zero-order valence-corrected chi connectivity index (χ0v) is 26.7. The van der Waals surface area contributed by atoms with E-state index in [4.69, 9.17) is 14.2 Å². The molecule has 9 heteroatoms. The van der Waals surface area contributed by atoms with Crippen LogP contribution >= 0.6 is 0 Å². The Hall–Kier alpha value is -3.10. The van der Waals surface area contributed by atoms with E-state index in [2.05, 4.69) is 10.6 Å². The number of ether oxygens (including phenoxy) is 3. The van der Waals surface area contributed by atoms with Crippen LogP contribution in [0.5, 0.6) is 0 Å². The standard InChI is InChI=1S/C33H54N2O7/c1-32(2,3)41-29(37)23-22-27(30(38)42-33(4,5)6)35-28(36)21-17-12-10-8-7-9-11-13-18-24-34-31(39)40-25-26-19-15-14-16-20-26/h14-16,19-20,27H,7-13,17-18,21-25H2,1-6H3,(H,34,39)(H,35,36)/t27-/m0/s1. The van der Waals surface area contributed by atoms with E-state index in [1.54, 1.807) is 41.5 Å². The van der Waals surface area contributed by atoms with Gasteiger partial charge in [-0.05, 0) is 66.4 Å². The Kier molecular flexibility index (Phi) is 17.5. The average molecular weight is 591 g/mol. The van der Waals surface area contributed by atoms with E-state index in [-0.39, 0.29) is 31.4 Å². The van der Waals surface area contributed by atoms with E-state index < -0.39 is 29.2 Å². The molecule has 0 aromatic heterocycles. The number of hydrogen-bond acceptors (Lipinski definition) is 7. The summed E-state index contributed by atoms with van der Waals surface area (Å²) in [4.78, 5) is 49.0. The van der Waals surface area contributed by atoms with Crippen molar-refractivity contribution >= 4 is 23.9 Å². The summed E-state index contributed by atoms with van der Waals surface area (Å²) < 4.78 is 16.0. The summed E-state index contributed by atoms with van der Waals surface area (Å²) in [6.07, 6.45) is 9.34. The van der Waals surface area contributed by atoms with Crippen molar-refractivity contribution < 1.29 is 33.4 Å². The first kappa shape index (κ1) is 36.9. The Bertz CT molecular complexity index is 936. The third-order valence-electron chi connectivity index (χ3n) is 6.15. The first-order chi connectivity index (χ1) is 19.7. The van der Waals surface area contributed by atoms with Crippen LogP contribution in [0.15, 0.2) is 30.3 Å². The molecule has 0 aliphatic heterocycles. The molecule has 0 saturated heterocycles. The monoisotopic (exact) mass is 590 g/mol.